The predicted octanol–water partition coefficient (Wildman–Crippen LogP) is 4.90. The van der Waals surface area contributed by atoms with E-state index >= 15 is 0 Å². The number of benzene rings is 2. The molecule has 7 heteroatoms. The molecule has 4 rings (SSSR count). The Kier molecular flexibility index (Phi) is 7.52. The second-order valence-corrected chi connectivity index (χ2v) is 7.94. The molecule has 0 N–H and O–H groups in total. The van der Waals surface area contributed by atoms with Gasteiger partial charge in [0.25, 0.3) is 0 Å². The molecule has 1 fully saturated rings. The van der Waals surface area contributed by atoms with Gasteiger partial charge in [0.05, 0.1) is 6.61 Å². The topological polar surface area (TPSA) is 54.9 Å². The van der Waals surface area contributed by atoms with Gasteiger partial charge in [0.2, 0.25) is 0 Å². The number of nitrogens with zero attached hydrogens (tertiary/aromatic N) is 3. The molecule has 0 bridgehead atoms. The van der Waals surface area contributed by atoms with Crippen LogP contribution in [-0.4, -0.2) is 48.6 Å². The van der Waals surface area contributed by atoms with Crippen molar-refractivity contribution in [2.75, 3.05) is 37.7 Å². The summed E-state index contributed by atoms with van der Waals surface area (Å²) in [6, 6.07) is 17.5. The maximum Gasteiger partial charge on any atom is 0.341 e. The van der Waals surface area contributed by atoms with Crippen molar-refractivity contribution in [3.63, 3.8) is 0 Å². The van der Waals surface area contributed by atoms with E-state index in [1.165, 1.54) is 12.1 Å². The van der Waals surface area contributed by atoms with Crippen LogP contribution in [0.5, 0.6) is 11.5 Å². The van der Waals surface area contributed by atoms with Gasteiger partial charge in [0.15, 0.2) is 0 Å². The van der Waals surface area contributed by atoms with Crippen LogP contribution in [0.4, 0.5) is 10.2 Å². The molecule has 2 heterocycles. The second kappa shape index (κ2) is 10.9. The first-order valence-corrected chi connectivity index (χ1v) is 11.2. The zero-order valence-electron chi connectivity index (χ0n) is 18.7. The van der Waals surface area contributed by atoms with Gasteiger partial charge < -0.3 is 14.4 Å². The first-order valence-electron chi connectivity index (χ1n) is 11.2. The number of carbonyl (C=O) groups excluding carboxylic acids is 1. The van der Waals surface area contributed by atoms with Gasteiger partial charge in [-0.05, 0) is 48.9 Å². The number of aromatic nitrogens is 1. The smallest absolute Gasteiger partial charge is 0.341 e. The molecule has 0 spiro atoms. The average molecular weight is 450 g/mol. The Morgan fingerprint density at radius 3 is 2.52 bits per heavy atom. The van der Waals surface area contributed by atoms with E-state index in [2.05, 4.69) is 14.8 Å². The van der Waals surface area contributed by atoms with E-state index in [1.54, 1.807) is 30.5 Å². The Balaban J connectivity index is 1.39. The van der Waals surface area contributed by atoms with Crippen LogP contribution in [0.1, 0.15) is 29.3 Å². The van der Waals surface area contributed by atoms with Crippen LogP contribution in [0.15, 0.2) is 66.9 Å². The Labute approximate surface area is 193 Å². The van der Waals surface area contributed by atoms with Crippen molar-refractivity contribution < 1.29 is 18.7 Å². The van der Waals surface area contributed by atoms with Crippen molar-refractivity contribution in [3.8, 4) is 11.5 Å². The summed E-state index contributed by atoms with van der Waals surface area (Å²) in [5, 5.41) is 0. The number of hydrogen-bond acceptors (Lipinski definition) is 6. The van der Waals surface area contributed by atoms with Crippen molar-refractivity contribution in [1.82, 2.24) is 9.88 Å². The lowest BCUT2D eigenvalue weighted by atomic mass is 10.1. The summed E-state index contributed by atoms with van der Waals surface area (Å²) in [6.45, 7) is 6.27. The number of anilines is 1. The molecule has 1 aliphatic heterocycles. The van der Waals surface area contributed by atoms with Gasteiger partial charge in [-0.2, -0.15) is 0 Å². The van der Waals surface area contributed by atoms with Crippen LogP contribution in [0, 0.1) is 5.82 Å². The minimum atomic E-state index is -0.325. The highest BCUT2D eigenvalue weighted by Gasteiger charge is 2.23. The molecule has 1 aromatic heterocycles. The van der Waals surface area contributed by atoms with Crippen molar-refractivity contribution >= 4 is 11.8 Å². The number of esters is 1. The van der Waals surface area contributed by atoms with Crippen molar-refractivity contribution in [2.45, 2.75) is 19.9 Å². The maximum absolute atomic E-state index is 13.2. The Bertz CT molecular complexity index is 1070. The van der Waals surface area contributed by atoms with Crippen LogP contribution < -0.4 is 9.64 Å². The summed E-state index contributed by atoms with van der Waals surface area (Å²) in [6.07, 6.45) is 2.49. The lowest BCUT2D eigenvalue weighted by Gasteiger charge is -2.36. The van der Waals surface area contributed by atoms with Gasteiger partial charge >= 0.3 is 5.97 Å². The van der Waals surface area contributed by atoms with Crippen molar-refractivity contribution in [3.05, 3.63) is 83.8 Å². The lowest BCUT2D eigenvalue weighted by Crippen LogP contribution is -2.46. The third-order valence-corrected chi connectivity index (χ3v) is 5.52. The van der Waals surface area contributed by atoms with Crippen LogP contribution >= 0.6 is 0 Å². The first-order chi connectivity index (χ1) is 16.1. The molecule has 0 aliphatic carbocycles. The van der Waals surface area contributed by atoms with E-state index in [9.17, 15) is 9.18 Å². The number of ether oxygens (including phenoxy) is 2. The molecule has 0 atom stereocenters. The summed E-state index contributed by atoms with van der Waals surface area (Å²) in [5.74, 6) is 1.43. The normalized spacial score (nSPS) is 14.2. The van der Waals surface area contributed by atoms with Gasteiger partial charge in [-0.1, -0.05) is 25.1 Å². The highest BCUT2D eigenvalue weighted by Crippen LogP contribution is 2.27. The van der Waals surface area contributed by atoms with E-state index in [4.69, 9.17) is 9.47 Å². The molecular formula is C26H28FN3O3. The number of hydrogen-bond donors (Lipinski definition) is 0. The average Bonchev–Trinajstić information content (AvgIpc) is 2.85. The monoisotopic (exact) mass is 449 g/mol. The molecule has 0 unspecified atom stereocenters. The molecule has 1 saturated heterocycles. The van der Waals surface area contributed by atoms with E-state index in [0.29, 0.717) is 23.7 Å². The largest absolute Gasteiger partial charge is 0.462 e. The third-order valence-electron chi connectivity index (χ3n) is 5.52. The highest BCUT2D eigenvalue weighted by atomic mass is 19.1. The van der Waals surface area contributed by atoms with E-state index in [-0.39, 0.29) is 11.8 Å². The van der Waals surface area contributed by atoms with Crippen molar-refractivity contribution in [2.24, 2.45) is 0 Å². The van der Waals surface area contributed by atoms with Crippen LogP contribution in [0.25, 0.3) is 0 Å². The van der Waals surface area contributed by atoms with Crippen LogP contribution in [0.2, 0.25) is 0 Å². The lowest BCUT2D eigenvalue weighted by molar-refractivity contribution is 0.0505. The molecule has 33 heavy (non-hydrogen) atoms. The maximum atomic E-state index is 13.2. The molecule has 6 nitrogen and oxygen atoms in total. The minimum Gasteiger partial charge on any atom is -0.462 e. The van der Waals surface area contributed by atoms with Crippen LogP contribution in [0.3, 0.4) is 0 Å². The van der Waals surface area contributed by atoms with Gasteiger partial charge in [-0.25, -0.2) is 14.2 Å². The third kappa shape index (κ3) is 5.87. The number of halogens is 1. The standard InChI is InChI=1S/C26H28FN3O3/c1-2-18-32-26(31)23-7-5-13-28-25(23)30-16-14-29(15-17-30)19-20-6-3-4-8-24(20)33-22-11-9-21(27)10-12-22/h3-13H,2,14-19H2,1H3. The van der Waals surface area contributed by atoms with E-state index in [0.717, 1.165) is 50.5 Å². The fourth-order valence-electron chi connectivity index (χ4n) is 3.80. The SMILES string of the molecule is CCCOC(=O)c1cccnc1N1CCN(Cc2ccccc2Oc2ccc(F)cc2)CC1. The zero-order chi connectivity index (χ0) is 23.0. The van der Waals surface area contributed by atoms with E-state index in [1.807, 2.05) is 31.2 Å². The fraction of sp³-hybridized carbons (Fsp3) is 0.308. The number of piperazine rings is 1. The Hall–Kier alpha value is -3.45. The number of para-hydroxylation sites is 1. The Morgan fingerprint density at radius 1 is 1.00 bits per heavy atom. The molecule has 0 radical (unpaired) electrons. The number of pyridine rings is 1. The van der Waals surface area contributed by atoms with Gasteiger partial charge in [-0.15, -0.1) is 0 Å². The summed E-state index contributed by atoms with van der Waals surface area (Å²) >= 11 is 0. The second-order valence-electron chi connectivity index (χ2n) is 7.94. The molecule has 3 aromatic rings. The molecule has 0 amide bonds. The molecule has 0 saturated carbocycles. The zero-order valence-corrected chi connectivity index (χ0v) is 18.7. The molecular weight excluding hydrogens is 421 g/mol. The summed E-state index contributed by atoms with van der Waals surface area (Å²) < 4.78 is 24.5. The fourth-order valence-corrected chi connectivity index (χ4v) is 3.80. The van der Waals surface area contributed by atoms with Gasteiger partial charge in [0.1, 0.15) is 28.7 Å². The summed E-state index contributed by atoms with van der Waals surface area (Å²) in [5.41, 5.74) is 1.58. The molecule has 1 aliphatic rings. The van der Waals surface area contributed by atoms with Crippen molar-refractivity contribution in [1.29, 1.82) is 0 Å². The van der Waals surface area contributed by atoms with Gasteiger partial charge in [-0.3, -0.25) is 4.90 Å². The minimum absolute atomic E-state index is 0.289. The first kappa shape index (κ1) is 22.7. The summed E-state index contributed by atoms with van der Waals surface area (Å²) in [7, 11) is 0. The molecule has 2 aromatic carbocycles. The van der Waals surface area contributed by atoms with Gasteiger partial charge in [0, 0.05) is 44.5 Å². The number of rotatable bonds is 8. The number of carbonyl (C=O) groups is 1. The predicted molar refractivity (Wildman–Crippen MR) is 125 cm³/mol. The quantitative estimate of drug-likeness (QED) is 0.456. The summed E-state index contributed by atoms with van der Waals surface area (Å²) in [4.78, 5) is 21.4. The van der Waals surface area contributed by atoms with E-state index < -0.39 is 0 Å². The Morgan fingerprint density at radius 2 is 1.76 bits per heavy atom. The molecule has 172 valence electrons. The highest BCUT2D eigenvalue weighted by molar-refractivity contribution is 5.94. The van der Waals surface area contributed by atoms with Crippen LogP contribution in [-0.2, 0) is 11.3 Å².